The third-order valence-corrected chi connectivity index (χ3v) is 6.87. The van der Waals surface area contributed by atoms with Crippen LogP contribution in [0.25, 0.3) is 6.08 Å². The Bertz CT molecular complexity index is 1310. The van der Waals surface area contributed by atoms with Gasteiger partial charge in [-0.3, -0.25) is 9.69 Å². The van der Waals surface area contributed by atoms with Gasteiger partial charge in [-0.25, -0.2) is 4.99 Å². The molecule has 0 spiro atoms. The first-order valence-corrected chi connectivity index (χ1v) is 13.6. The summed E-state index contributed by atoms with van der Waals surface area (Å²) in [6, 6.07) is 20.5. The summed E-state index contributed by atoms with van der Waals surface area (Å²) in [7, 11) is 0. The Morgan fingerprint density at radius 2 is 1.62 bits per heavy atom. The number of aliphatic imine (C=N–C) groups is 1. The number of amides is 1. The number of hydrogen-bond donors (Lipinski definition) is 0. The van der Waals surface area contributed by atoms with Gasteiger partial charge in [-0.1, -0.05) is 55.2 Å². The highest BCUT2D eigenvalue weighted by atomic mass is 35.5. The maximum atomic E-state index is 13.3. The van der Waals surface area contributed by atoms with Gasteiger partial charge >= 0.3 is 0 Å². The van der Waals surface area contributed by atoms with E-state index in [0.29, 0.717) is 57.3 Å². The van der Waals surface area contributed by atoms with Crippen LogP contribution in [0.15, 0.2) is 76.6 Å². The van der Waals surface area contributed by atoms with E-state index in [1.165, 1.54) is 11.8 Å². The summed E-state index contributed by atoms with van der Waals surface area (Å²) in [4.78, 5) is 20.4. The van der Waals surface area contributed by atoms with Crippen LogP contribution in [0.3, 0.4) is 0 Å². The molecular formula is C29H28Cl2N2O3S. The Labute approximate surface area is 232 Å². The zero-order chi connectivity index (χ0) is 26.4. The van der Waals surface area contributed by atoms with Crippen molar-refractivity contribution >= 4 is 57.8 Å². The predicted molar refractivity (Wildman–Crippen MR) is 154 cm³/mol. The van der Waals surface area contributed by atoms with Crippen molar-refractivity contribution in [2.75, 3.05) is 13.2 Å². The van der Waals surface area contributed by atoms with Crippen LogP contribution in [0.4, 0.5) is 5.69 Å². The fraction of sp³-hybridized carbons (Fsp3) is 0.241. The molecule has 3 aromatic carbocycles. The van der Waals surface area contributed by atoms with E-state index in [1.807, 2.05) is 67.6 Å². The molecule has 4 rings (SSSR count). The number of ether oxygens (including phenoxy) is 2. The van der Waals surface area contributed by atoms with Crippen LogP contribution in [-0.4, -0.2) is 29.1 Å². The van der Waals surface area contributed by atoms with Gasteiger partial charge in [-0.05, 0) is 90.3 Å². The number of hydrogen-bond acceptors (Lipinski definition) is 5. The standard InChI is InChI=1S/C29H28Cl2N2O3S/c1-4-35-26-15-21(7-14-25(26)36-18-20-5-8-22(30)9-6-20)16-27-28(34)33(17-19(2)3)29(37-27)32-24-12-10-23(31)11-13-24/h5-16,19H,4,17-18H2,1-3H3/b27-16-,32-29?. The second kappa shape index (κ2) is 12.5. The summed E-state index contributed by atoms with van der Waals surface area (Å²) in [5.74, 6) is 1.49. The minimum atomic E-state index is -0.0626. The normalized spacial score (nSPS) is 15.7. The van der Waals surface area contributed by atoms with Crippen LogP contribution in [0.2, 0.25) is 10.0 Å². The van der Waals surface area contributed by atoms with Crippen LogP contribution in [-0.2, 0) is 11.4 Å². The van der Waals surface area contributed by atoms with Gasteiger partial charge in [0, 0.05) is 16.6 Å². The molecule has 1 amide bonds. The number of amidine groups is 1. The maximum absolute atomic E-state index is 13.3. The van der Waals surface area contributed by atoms with E-state index in [0.717, 1.165) is 16.8 Å². The van der Waals surface area contributed by atoms with E-state index in [9.17, 15) is 4.79 Å². The molecule has 37 heavy (non-hydrogen) atoms. The number of carbonyl (C=O) groups is 1. The molecule has 1 heterocycles. The lowest BCUT2D eigenvalue weighted by Gasteiger charge is -2.17. The van der Waals surface area contributed by atoms with Crippen molar-refractivity contribution < 1.29 is 14.3 Å². The predicted octanol–water partition coefficient (Wildman–Crippen LogP) is 8.23. The molecule has 3 aromatic rings. The number of nitrogens with zero attached hydrogens (tertiary/aromatic N) is 2. The van der Waals surface area contributed by atoms with Crippen LogP contribution in [0.1, 0.15) is 31.9 Å². The molecule has 0 radical (unpaired) electrons. The van der Waals surface area contributed by atoms with Gasteiger partial charge in [-0.2, -0.15) is 0 Å². The average molecular weight is 556 g/mol. The van der Waals surface area contributed by atoms with Gasteiger partial charge in [0.25, 0.3) is 5.91 Å². The molecule has 0 N–H and O–H groups in total. The Kier molecular flexibility index (Phi) is 9.19. The Morgan fingerprint density at radius 1 is 0.946 bits per heavy atom. The minimum Gasteiger partial charge on any atom is -0.490 e. The molecule has 0 unspecified atom stereocenters. The van der Waals surface area contributed by atoms with E-state index in [1.54, 1.807) is 17.0 Å². The third-order valence-electron chi connectivity index (χ3n) is 5.36. The van der Waals surface area contributed by atoms with Gasteiger partial charge in [0.1, 0.15) is 6.61 Å². The topological polar surface area (TPSA) is 51.1 Å². The molecule has 1 aliphatic heterocycles. The molecular weight excluding hydrogens is 527 g/mol. The minimum absolute atomic E-state index is 0.0626. The first kappa shape index (κ1) is 27.1. The lowest BCUT2D eigenvalue weighted by molar-refractivity contribution is -0.122. The Hall–Kier alpha value is -2.93. The average Bonchev–Trinajstić information content (AvgIpc) is 3.14. The monoisotopic (exact) mass is 554 g/mol. The lowest BCUT2D eigenvalue weighted by Crippen LogP contribution is -2.32. The van der Waals surface area contributed by atoms with Crippen molar-refractivity contribution in [3.05, 3.63) is 92.8 Å². The molecule has 8 heteroatoms. The van der Waals surface area contributed by atoms with Crippen molar-refractivity contribution in [3.63, 3.8) is 0 Å². The van der Waals surface area contributed by atoms with Gasteiger partial charge in [0.15, 0.2) is 16.7 Å². The van der Waals surface area contributed by atoms with Gasteiger partial charge in [0.2, 0.25) is 0 Å². The van der Waals surface area contributed by atoms with E-state index >= 15 is 0 Å². The molecule has 0 saturated carbocycles. The van der Waals surface area contributed by atoms with Crippen LogP contribution in [0, 0.1) is 5.92 Å². The molecule has 0 atom stereocenters. The molecule has 1 aliphatic rings. The number of rotatable bonds is 9. The van der Waals surface area contributed by atoms with Crippen molar-refractivity contribution in [1.82, 2.24) is 4.90 Å². The Balaban J connectivity index is 1.58. The van der Waals surface area contributed by atoms with Crippen molar-refractivity contribution in [3.8, 4) is 11.5 Å². The summed E-state index contributed by atoms with van der Waals surface area (Å²) >= 11 is 13.4. The summed E-state index contributed by atoms with van der Waals surface area (Å²) < 4.78 is 11.9. The fourth-order valence-electron chi connectivity index (χ4n) is 3.64. The number of benzene rings is 3. The smallest absolute Gasteiger partial charge is 0.266 e. The van der Waals surface area contributed by atoms with Gasteiger partial charge in [-0.15, -0.1) is 0 Å². The second-order valence-electron chi connectivity index (χ2n) is 8.85. The molecule has 0 aromatic heterocycles. The number of carbonyl (C=O) groups excluding carboxylic acids is 1. The quantitative estimate of drug-likeness (QED) is 0.250. The third kappa shape index (κ3) is 7.31. The van der Waals surface area contributed by atoms with Crippen LogP contribution >= 0.6 is 35.0 Å². The largest absolute Gasteiger partial charge is 0.490 e. The highest BCUT2D eigenvalue weighted by molar-refractivity contribution is 8.18. The zero-order valence-corrected chi connectivity index (χ0v) is 23.2. The molecule has 0 aliphatic carbocycles. The van der Waals surface area contributed by atoms with Crippen LogP contribution in [0.5, 0.6) is 11.5 Å². The van der Waals surface area contributed by atoms with E-state index in [-0.39, 0.29) is 5.91 Å². The maximum Gasteiger partial charge on any atom is 0.266 e. The highest BCUT2D eigenvalue weighted by Crippen LogP contribution is 2.36. The van der Waals surface area contributed by atoms with Crippen molar-refractivity contribution in [2.45, 2.75) is 27.4 Å². The van der Waals surface area contributed by atoms with E-state index in [2.05, 4.69) is 13.8 Å². The molecule has 1 saturated heterocycles. The van der Waals surface area contributed by atoms with Gasteiger partial charge in [0.05, 0.1) is 17.2 Å². The fourth-order valence-corrected chi connectivity index (χ4v) is 4.90. The summed E-state index contributed by atoms with van der Waals surface area (Å²) in [6.45, 7) is 7.55. The number of halogens is 2. The molecule has 5 nitrogen and oxygen atoms in total. The molecule has 0 bridgehead atoms. The SMILES string of the molecule is CCOc1cc(/C=C2\SC(=Nc3ccc(Cl)cc3)N(CC(C)C)C2=O)ccc1OCc1ccc(Cl)cc1. The second-order valence-corrected chi connectivity index (χ2v) is 10.7. The summed E-state index contributed by atoms with van der Waals surface area (Å²) in [6.07, 6.45) is 1.87. The molecule has 1 fully saturated rings. The molecule has 192 valence electrons. The highest BCUT2D eigenvalue weighted by Gasteiger charge is 2.33. The number of thioether (sulfide) groups is 1. The van der Waals surface area contributed by atoms with E-state index in [4.69, 9.17) is 37.7 Å². The Morgan fingerprint density at radius 3 is 2.27 bits per heavy atom. The van der Waals surface area contributed by atoms with Gasteiger partial charge < -0.3 is 9.47 Å². The first-order chi connectivity index (χ1) is 17.8. The van der Waals surface area contributed by atoms with Crippen molar-refractivity contribution in [2.24, 2.45) is 10.9 Å². The van der Waals surface area contributed by atoms with E-state index < -0.39 is 0 Å². The summed E-state index contributed by atoms with van der Waals surface area (Å²) in [5.41, 5.74) is 2.59. The zero-order valence-electron chi connectivity index (χ0n) is 20.9. The van der Waals surface area contributed by atoms with Crippen LogP contribution < -0.4 is 9.47 Å². The lowest BCUT2D eigenvalue weighted by atomic mass is 10.1. The first-order valence-electron chi connectivity index (χ1n) is 12.0. The summed E-state index contributed by atoms with van der Waals surface area (Å²) in [5, 5.41) is 1.98. The van der Waals surface area contributed by atoms with Crippen molar-refractivity contribution in [1.29, 1.82) is 0 Å².